The minimum atomic E-state index is -0.0107. The highest BCUT2D eigenvalue weighted by Gasteiger charge is 2.61. The van der Waals surface area contributed by atoms with E-state index in [1.54, 1.807) is 0 Å². The Hall–Kier alpha value is -2.01. The molecule has 5 rings (SSSR count). The van der Waals surface area contributed by atoms with Crippen LogP contribution < -0.4 is 4.74 Å². The molecule has 0 radical (unpaired) electrons. The van der Waals surface area contributed by atoms with Crippen molar-refractivity contribution in [1.29, 1.82) is 0 Å². The molecule has 1 aromatic heterocycles. The molecule has 2 aromatic rings. The standard InChI is InChI=1S/C18H22N2O3/c1-11(2)23-16-6-15-13(5-14(16)12(3)21)7-20(19-15)18-8-17(4,9-18)22-10-18/h5-7,11,21H,3,8-10H2,1-2,4H3. The number of ether oxygens (including phenoxy) is 2. The Morgan fingerprint density at radius 2 is 2.17 bits per heavy atom. The predicted octanol–water partition coefficient (Wildman–Crippen LogP) is 3.63. The van der Waals surface area contributed by atoms with Gasteiger partial charge in [0.15, 0.2) is 0 Å². The van der Waals surface area contributed by atoms with E-state index in [9.17, 15) is 5.11 Å². The largest absolute Gasteiger partial charge is 0.508 e. The van der Waals surface area contributed by atoms with E-state index in [1.165, 1.54) is 0 Å². The SMILES string of the molecule is C=C(O)c1cc2cn(C34COC(C)(C3)C4)nc2cc1OC(C)C. The van der Waals surface area contributed by atoms with Gasteiger partial charge < -0.3 is 14.6 Å². The van der Waals surface area contributed by atoms with Crippen LogP contribution in [0, 0.1) is 0 Å². The molecule has 23 heavy (non-hydrogen) atoms. The van der Waals surface area contributed by atoms with E-state index < -0.39 is 0 Å². The van der Waals surface area contributed by atoms with Crippen LogP contribution in [-0.4, -0.2) is 33.2 Å². The average Bonchev–Trinajstić information content (AvgIpc) is 3.06. The Morgan fingerprint density at radius 3 is 2.74 bits per heavy atom. The van der Waals surface area contributed by atoms with Crippen molar-refractivity contribution in [1.82, 2.24) is 9.78 Å². The summed E-state index contributed by atoms with van der Waals surface area (Å²) in [6, 6.07) is 3.77. The third-order valence-electron chi connectivity index (χ3n) is 4.86. The fraction of sp³-hybridized carbons (Fsp3) is 0.500. The van der Waals surface area contributed by atoms with Gasteiger partial charge in [0.05, 0.1) is 34.9 Å². The van der Waals surface area contributed by atoms with Crippen LogP contribution >= 0.6 is 0 Å². The number of hydrogen-bond acceptors (Lipinski definition) is 4. The van der Waals surface area contributed by atoms with Gasteiger partial charge in [-0.05, 0) is 26.8 Å². The Bertz CT molecular complexity index is 800. The van der Waals surface area contributed by atoms with Gasteiger partial charge in [-0.2, -0.15) is 5.10 Å². The van der Waals surface area contributed by atoms with E-state index in [0.29, 0.717) is 17.9 Å². The van der Waals surface area contributed by atoms with Crippen LogP contribution in [0.4, 0.5) is 0 Å². The van der Waals surface area contributed by atoms with Crippen molar-refractivity contribution in [2.45, 2.75) is 50.9 Å². The van der Waals surface area contributed by atoms with Gasteiger partial charge >= 0.3 is 0 Å². The molecule has 0 spiro atoms. The number of aliphatic hydroxyl groups is 1. The molecule has 2 saturated heterocycles. The molecule has 1 N–H and O–H groups in total. The number of aromatic nitrogens is 2. The zero-order chi connectivity index (χ0) is 16.4. The highest BCUT2D eigenvalue weighted by Crippen LogP contribution is 2.55. The van der Waals surface area contributed by atoms with Crippen LogP contribution in [-0.2, 0) is 10.3 Å². The second kappa shape index (κ2) is 4.51. The number of aliphatic hydroxyl groups excluding tert-OH is 1. The van der Waals surface area contributed by atoms with Crippen LogP contribution in [0.2, 0.25) is 0 Å². The summed E-state index contributed by atoms with van der Waals surface area (Å²) in [4.78, 5) is 0. The van der Waals surface area contributed by atoms with E-state index in [2.05, 4.69) is 13.5 Å². The smallest absolute Gasteiger partial charge is 0.132 e. The molecular formula is C18H22N2O3. The van der Waals surface area contributed by atoms with Gasteiger partial charge in [-0.25, -0.2) is 0 Å². The summed E-state index contributed by atoms with van der Waals surface area (Å²) < 4.78 is 13.7. The molecule has 5 heteroatoms. The van der Waals surface area contributed by atoms with Crippen LogP contribution in [0.15, 0.2) is 24.9 Å². The van der Waals surface area contributed by atoms with Crippen LogP contribution in [0.25, 0.3) is 16.7 Å². The first-order valence-electron chi connectivity index (χ1n) is 8.03. The molecule has 3 fully saturated rings. The second-order valence-electron chi connectivity index (χ2n) is 7.41. The molecule has 1 saturated carbocycles. The van der Waals surface area contributed by atoms with Crippen molar-refractivity contribution in [2.75, 3.05) is 6.61 Å². The molecule has 3 aliphatic rings. The van der Waals surface area contributed by atoms with E-state index in [-0.39, 0.29) is 23.0 Å². The lowest BCUT2D eigenvalue weighted by Crippen LogP contribution is -2.49. The fourth-order valence-electron chi connectivity index (χ4n) is 3.95. The number of fused-ring (bicyclic) bond motifs is 2. The van der Waals surface area contributed by atoms with Crippen molar-refractivity contribution in [3.8, 4) is 5.75 Å². The van der Waals surface area contributed by atoms with E-state index >= 15 is 0 Å². The third-order valence-corrected chi connectivity index (χ3v) is 4.86. The lowest BCUT2D eigenvalue weighted by Gasteiger charge is -2.42. The van der Waals surface area contributed by atoms with E-state index in [4.69, 9.17) is 14.6 Å². The van der Waals surface area contributed by atoms with Gasteiger partial charge in [0.1, 0.15) is 11.5 Å². The van der Waals surface area contributed by atoms with Gasteiger partial charge in [0, 0.05) is 30.5 Å². The Morgan fingerprint density at radius 1 is 1.43 bits per heavy atom. The molecule has 1 aromatic carbocycles. The van der Waals surface area contributed by atoms with E-state index in [1.807, 2.05) is 36.9 Å². The minimum Gasteiger partial charge on any atom is -0.508 e. The Balaban J connectivity index is 1.78. The molecule has 2 bridgehead atoms. The topological polar surface area (TPSA) is 56.5 Å². The number of rotatable bonds is 4. The van der Waals surface area contributed by atoms with Crippen molar-refractivity contribution in [3.63, 3.8) is 0 Å². The normalized spacial score (nSPS) is 29.0. The zero-order valence-electron chi connectivity index (χ0n) is 13.8. The predicted molar refractivity (Wildman–Crippen MR) is 88.7 cm³/mol. The highest BCUT2D eigenvalue weighted by molar-refractivity contribution is 5.85. The number of benzene rings is 1. The number of nitrogens with zero attached hydrogens (tertiary/aromatic N) is 2. The summed E-state index contributed by atoms with van der Waals surface area (Å²) in [5.41, 5.74) is 1.49. The second-order valence-corrected chi connectivity index (χ2v) is 7.41. The molecular weight excluding hydrogens is 292 g/mol. The van der Waals surface area contributed by atoms with E-state index in [0.717, 1.165) is 23.7 Å². The van der Waals surface area contributed by atoms with Gasteiger partial charge in [-0.1, -0.05) is 6.58 Å². The van der Waals surface area contributed by atoms with Gasteiger partial charge in [0.25, 0.3) is 0 Å². The first kappa shape index (κ1) is 14.6. The maximum Gasteiger partial charge on any atom is 0.132 e. The molecule has 2 aliphatic heterocycles. The monoisotopic (exact) mass is 314 g/mol. The van der Waals surface area contributed by atoms with Crippen molar-refractivity contribution >= 4 is 16.7 Å². The quantitative estimate of drug-likeness (QED) is 0.876. The van der Waals surface area contributed by atoms with Crippen LogP contribution in [0.3, 0.4) is 0 Å². The fourth-order valence-corrected chi connectivity index (χ4v) is 3.95. The van der Waals surface area contributed by atoms with Crippen LogP contribution in [0.1, 0.15) is 39.2 Å². The maximum absolute atomic E-state index is 9.87. The summed E-state index contributed by atoms with van der Waals surface area (Å²) >= 11 is 0. The Kier molecular flexibility index (Phi) is 2.86. The number of hydrogen-bond donors (Lipinski definition) is 1. The lowest BCUT2D eigenvalue weighted by atomic mass is 9.69. The molecule has 0 amide bonds. The third kappa shape index (κ3) is 2.14. The first-order valence-corrected chi connectivity index (χ1v) is 8.03. The molecule has 3 heterocycles. The molecule has 5 nitrogen and oxygen atoms in total. The first-order chi connectivity index (χ1) is 10.8. The van der Waals surface area contributed by atoms with Crippen molar-refractivity contribution in [3.05, 3.63) is 30.5 Å². The average molecular weight is 314 g/mol. The van der Waals surface area contributed by atoms with Crippen LogP contribution in [0.5, 0.6) is 5.75 Å². The summed E-state index contributed by atoms with van der Waals surface area (Å²) in [5, 5.41) is 15.6. The molecule has 1 aliphatic carbocycles. The lowest BCUT2D eigenvalue weighted by molar-refractivity contribution is 0.00384. The van der Waals surface area contributed by atoms with Gasteiger partial charge in [0.2, 0.25) is 0 Å². The summed E-state index contributed by atoms with van der Waals surface area (Å²) in [6.45, 7) is 10.4. The van der Waals surface area contributed by atoms with Crippen molar-refractivity contribution in [2.24, 2.45) is 0 Å². The summed E-state index contributed by atoms with van der Waals surface area (Å²) in [6.07, 6.45) is 4.06. The molecule has 0 unspecified atom stereocenters. The molecule has 122 valence electrons. The summed E-state index contributed by atoms with van der Waals surface area (Å²) in [7, 11) is 0. The Labute approximate surface area is 135 Å². The molecule has 0 atom stereocenters. The zero-order valence-corrected chi connectivity index (χ0v) is 13.8. The van der Waals surface area contributed by atoms with Gasteiger partial charge in [-0.15, -0.1) is 0 Å². The minimum absolute atomic E-state index is 0.00822. The maximum atomic E-state index is 9.87. The highest BCUT2D eigenvalue weighted by atomic mass is 16.5. The van der Waals surface area contributed by atoms with Gasteiger partial charge in [-0.3, -0.25) is 4.68 Å². The van der Waals surface area contributed by atoms with Crippen molar-refractivity contribution < 1.29 is 14.6 Å². The summed E-state index contributed by atoms with van der Waals surface area (Å²) in [5.74, 6) is 0.623.